The Balaban J connectivity index is 2.78. The third-order valence-corrected chi connectivity index (χ3v) is 1.14. The van der Waals surface area contributed by atoms with E-state index in [4.69, 9.17) is 11.5 Å². The zero-order valence-electron chi connectivity index (χ0n) is 5.87. The Morgan fingerprint density at radius 2 is 1.91 bits per heavy atom. The molecule has 0 saturated carbocycles. The first-order valence-corrected chi connectivity index (χ1v) is 3.16. The summed E-state index contributed by atoms with van der Waals surface area (Å²) in [5, 5.41) is 3.64. The molecule has 0 bridgehead atoms. The summed E-state index contributed by atoms with van der Waals surface area (Å²) in [6.07, 6.45) is -0.855. The van der Waals surface area contributed by atoms with Crippen LogP contribution in [0.3, 0.4) is 0 Å². The molecule has 1 aromatic carbocycles. The third kappa shape index (κ3) is 2.18. The molecule has 4 heteroatoms. The minimum atomic E-state index is -0.855. The van der Waals surface area contributed by atoms with Crippen molar-refractivity contribution in [1.29, 1.82) is 0 Å². The van der Waals surface area contributed by atoms with Crippen LogP contribution in [0.4, 0.5) is 10.1 Å². The normalized spacial score (nSPS) is 10.2. The maximum Gasteiger partial charge on any atom is 0.108 e. The van der Waals surface area contributed by atoms with Gasteiger partial charge in [0, 0.05) is 0 Å². The predicted molar refractivity (Wildman–Crippen MR) is 41.6 cm³/mol. The van der Waals surface area contributed by atoms with E-state index in [0.717, 1.165) is 0 Å². The fraction of sp³-hybridized carbons (Fsp3) is 0.143. The monoisotopic (exact) mass is 154 g/mol. The first-order chi connectivity index (χ1) is 5.20. The van der Waals surface area contributed by atoms with Crippen molar-refractivity contribution in [3.8, 4) is 0 Å². The molecule has 3 nitrogen and oxygen atoms in total. The molecule has 0 saturated heterocycles. The second kappa shape index (κ2) is 3.32. The Kier molecular flexibility index (Phi) is 2.40. The van der Waals surface area contributed by atoms with Crippen LogP contribution < -0.4 is 11.5 Å². The molecule has 4 N–H and O–H groups in total. The van der Waals surface area contributed by atoms with Crippen molar-refractivity contribution in [2.75, 3.05) is 0 Å². The number of rotatable bonds is 2. The SMILES string of the molecule is NC(N)[N-]c1ccccc1F. The molecule has 0 radical (unpaired) electrons. The first kappa shape index (κ1) is 7.97. The number of nitrogens with zero attached hydrogens (tertiary/aromatic N) is 1. The molecule has 1 rings (SSSR count). The van der Waals surface area contributed by atoms with Crippen LogP contribution in [0.1, 0.15) is 0 Å². The minimum absolute atomic E-state index is 0.197. The predicted octanol–water partition coefficient (Wildman–Crippen LogP) is 1.03. The summed E-state index contributed by atoms with van der Waals surface area (Å²) in [6.45, 7) is 0. The molecule has 11 heavy (non-hydrogen) atoms. The number of benzene rings is 1. The summed E-state index contributed by atoms with van der Waals surface area (Å²) in [6, 6.07) is 6.07. The smallest absolute Gasteiger partial charge is 0.108 e. The molecule has 1 aromatic rings. The Hall–Kier alpha value is -1.13. The molecule has 0 aliphatic rings. The van der Waals surface area contributed by atoms with Gasteiger partial charge in [-0.15, -0.1) is 5.69 Å². The number of nitrogens with two attached hydrogens (primary N) is 2. The van der Waals surface area contributed by atoms with Gasteiger partial charge in [-0.2, -0.15) is 0 Å². The van der Waals surface area contributed by atoms with E-state index in [-0.39, 0.29) is 5.69 Å². The summed E-state index contributed by atoms with van der Waals surface area (Å²) in [5.41, 5.74) is 10.5. The van der Waals surface area contributed by atoms with Crippen molar-refractivity contribution in [2.45, 2.75) is 6.29 Å². The Bertz CT molecular complexity index is 237. The van der Waals surface area contributed by atoms with Crippen molar-refractivity contribution in [3.05, 3.63) is 35.4 Å². The van der Waals surface area contributed by atoms with Gasteiger partial charge in [0.15, 0.2) is 0 Å². The van der Waals surface area contributed by atoms with Crippen LogP contribution in [0.25, 0.3) is 5.32 Å². The van der Waals surface area contributed by atoms with Crippen LogP contribution in [0.15, 0.2) is 24.3 Å². The number of para-hydroxylation sites is 1. The molecule has 0 spiro atoms. The molecule has 0 aromatic heterocycles. The van der Waals surface area contributed by atoms with Gasteiger partial charge in [0.05, 0.1) is 0 Å². The van der Waals surface area contributed by atoms with Gasteiger partial charge in [0.1, 0.15) is 5.82 Å². The Morgan fingerprint density at radius 3 is 2.45 bits per heavy atom. The van der Waals surface area contributed by atoms with Crippen LogP contribution in [-0.4, -0.2) is 6.29 Å². The number of hydrogen-bond acceptors (Lipinski definition) is 2. The van der Waals surface area contributed by atoms with Gasteiger partial charge in [-0.05, 0) is 12.4 Å². The molecule has 0 unspecified atom stereocenters. The fourth-order valence-electron chi connectivity index (χ4n) is 0.717. The zero-order valence-corrected chi connectivity index (χ0v) is 5.87. The molecule has 0 amide bonds. The lowest BCUT2D eigenvalue weighted by Crippen LogP contribution is -2.28. The maximum atomic E-state index is 12.7. The van der Waals surface area contributed by atoms with E-state index in [1.54, 1.807) is 12.1 Å². The van der Waals surface area contributed by atoms with E-state index in [2.05, 4.69) is 5.32 Å². The summed E-state index contributed by atoms with van der Waals surface area (Å²) >= 11 is 0. The van der Waals surface area contributed by atoms with Crippen molar-refractivity contribution in [3.63, 3.8) is 0 Å². The average Bonchev–Trinajstić information content (AvgIpc) is 1.93. The summed E-state index contributed by atoms with van der Waals surface area (Å²) < 4.78 is 12.7. The molecule has 0 aliphatic heterocycles. The molecule has 0 atom stereocenters. The fourth-order valence-corrected chi connectivity index (χ4v) is 0.717. The van der Waals surface area contributed by atoms with Gasteiger partial charge in [0.25, 0.3) is 0 Å². The summed E-state index contributed by atoms with van der Waals surface area (Å²) in [5.74, 6) is -0.409. The highest BCUT2D eigenvalue weighted by Gasteiger charge is 1.89. The molecule has 0 aliphatic carbocycles. The van der Waals surface area contributed by atoms with Crippen molar-refractivity contribution < 1.29 is 4.39 Å². The second-order valence-corrected chi connectivity index (χ2v) is 2.07. The highest BCUT2D eigenvalue weighted by molar-refractivity contribution is 5.49. The van der Waals surface area contributed by atoms with E-state index in [1.165, 1.54) is 12.1 Å². The van der Waals surface area contributed by atoms with Crippen molar-refractivity contribution in [2.24, 2.45) is 11.5 Å². The molecular weight excluding hydrogens is 145 g/mol. The highest BCUT2D eigenvalue weighted by Crippen LogP contribution is 2.21. The first-order valence-electron chi connectivity index (χ1n) is 3.16. The molecular formula is C7H9FN3-. The standard InChI is InChI=1S/C7H9FN3/c8-5-3-1-2-4-6(5)11-7(9)10/h1-4,7H,9-10H2/q-1. The molecule has 0 heterocycles. The third-order valence-electron chi connectivity index (χ3n) is 1.14. The van der Waals surface area contributed by atoms with Crippen molar-refractivity contribution in [1.82, 2.24) is 0 Å². The zero-order chi connectivity index (χ0) is 8.27. The maximum absolute atomic E-state index is 12.7. The number of halogens is 1. The van der Waals surface area contributed by atoms with E-state index < -0.39 is 12.1 Å². The van der Waals surface area contributed by atoms with Gasteiger partial charge < -0.3 is 16.8 Å². The van der Waals surface area contributed by atoms with E-state index in [9.17, 15) is 4.39 Å². The average molecular weight is 154 g/mol. The van der Waals surface area contributed by atoms with E-state index in [0.29, 0.717) is 0 Å². The lowest BCUT2D eigenvalue weighted by atomic mass is 10.3. The number of hydrogen-bond donors (Lipinski definition) is 2. The summed E-state index contributed by atoms with van der Waals surface area (Å²) in [7, 11) is 0. The quantitative estimate of drug-likeness (QED) is 0.625. The van der Waals surface area contributed by atoms with Gasteiger partial charge in [0.2, 0.25) is 0 Å². The lowest BCUT2D eigenvalue weighted by Gasteiger charge is -2.25. The lowest BCUT2D eigenvalue weighted by molar-refractivity contribution is 0.629. The Morgan fingerprint density at radius 1 is 1.27 bits per heavy atom. The van der Waals surface area contributed by atoms with Gasteiger partial charge in [-0.25, -0.2) is 4.39 Å². The Labute approximate surface area is 64.2 Å². The largest absolute Gasteiger partial charge is 0.656 e. The molecule has 60 valence electrons. The van der Waals surface area contributed by atoms with Crippen LogP contribution in [0, 0.1) is 5.82 Å². The van der Waals surface area contributed by atoms with E-state index in [1.807, 2.05) is 0 Å². The highest BCUT2D eigenvalue weighted by atomic mass is 19.1. The van der Waals surface area contributed by atoms with Crippen LogP contribution in [-0.2, 0) is 0 Å². The van der Waals surface area contributed by atoms with Crippen LogP contribution >= 0.6 is 0 Å². The van der Waals surface area contributed by atoms with Gasteiger partial charge >= 0.3 is 0 Å². The van der Waals surface area contributed by atoms with Gasteiger partial charge in [-0.3, -0.25) is 0 Å². The van der Waals surface area contributed by atoms with Gasteiger partial charge in [-0.1, -0.05) is 18.2 Å². The van der Waals surface area contributed by atoms with Crippen LogP contribution in [0.2, 0.25) is 0 Å². The van der Waals surface area contributed by atoms with E-state index >= 15 is 0 Å². The summed E-state index contributed by atoms with van der Waals surface area (Å²) in [4.78, 5) is 0. The van der Waals surface area contributed by atoms with Crippen LogP contribution in [0.5, 0.6) is 0 Å². The topological polar surface area (TPSA) is 66.1 Å². The van der Waals surface area contributed by atoms with Crippen molar-refractivity contribution >= 4 is 5.69 Å². The minimum Gasteiger partial charge on any atom is -0.656 e. The second-order valence-electron chi connectivity index (χ2n) is 2.07. The molecule has 0 fully saturated rings.